The zero-order chi connectivity index (χ0) is 16.0. The van der Waals surface area contributed by atoms with E-state index in [0.29, 0.717) is 10.6 Å². The second kappa shape index (κ2) is 8.29. The number of anilines is 1. The molecule has 0 aliphatic carbocycles. The van der Waals surface area contributed by atoms with Gasteiger partial charge in [0.15, 0.2) is 0 Å². The van der Waals surface area contributed by atoms with Gasteiger partial charge in [-0.15, -0.1) is 11.3 Å². The standard InChI is InChI=1S/C14H22N2O3S2/c1-5-20-7-6-8(2)15-14(19)16-12-11(13(17)18)9(3)10(4)21-12/h8H,5-7H2,1-4H3,(H,17,18)(H2,15,16,19). The van der Waals surface area contributed by atoms with Crippen LogP contribution in [0.5, 0.6) is 0 Å². The molecule has 2 amide bonds. The molecular formula is C14H22N2O3S2. The molecule has 5 nitrogen and oxygen atoms in total. The molecule has 0 spiro atoms. The molecule has 0 aliphatic heterocycles. The van der Waals surface area contributed by atoms with Crippen LogP contribution in [0.25, 0.3) is 0 Å². The SMILES string of the molecule is CCSCCC(C)NC(=O)Nc1sc(C)c(C)c1C(=O)O. The molecule has 0 aliphatic rings. The second-order valence-electron chi connectivity index (χ2n) is 4.78. The first-order valence-electron chi connectivity index (χ1n) is 6.85. The molecule has 1 atom stereocenters. The molecule has 0 bridgehead atoms. The number of nitrogens with one attached hydrogen (secondary N) is 2. The summed E-state index contributed by atoms with van der Waals surface area (Å²) in [6.45, 7) is 7.65. The lowest BCUT2D eigenvalue weighted by atomic mass is 10.1. The minimum atomic E-state index is -1.01. The first-order chi connectivity index (χ1) is 9.86. The van der Waals surface area contributed by atoms with Crippen molar-refractivity contribution in [1.29, 1.82) is 0 Å². The van der Waals surface area contributed by atoms with Crippen LogP contribution in [-0.4, -0.2) is 34.7 Å². The molecule has 21 heavy (non-hydrogen) atoms. The topological polar surface area (TPSA) is 78.4 Å². The van der Waals surface area contributed by atoms with Crippen LogP contribution < -0.4 is 10.6 Å². The van der Waals surface area contributed by atoms with Crippen molar-refractivity contribution in [3.8, 4) is 0 Å². The third kappa shape index (κ3) is 5.24. The fourth-order valence-electron chi connectivity index (χ4n) is 1.81. The average Bonchev–Trinajstić information content (AvgIpc) is 2.64. The summed E-state index contributed by atoms with van der Waals surface area (Å²) in [4.78, 5) is 24.1. The zero-order valence-electron chi connectivity index (χ0n) is 12.8. The molecule has 1 rings (SSSR count). The molecular weight excluding hydrogens is 308 g/mol. The van der Waals surface area contributed by atoms with E-state index >= 15 is 0 Å². The molecule has 7 heteroatoms. The number of carbonyl (C=O) groups is 2. The summed E-state index contributed by atoms with van der Waals surface area (Å²) in [6.07, 6.45) is 0.889. The van der Waals surface area contributed by atoms with E-state index in [9.17, 15) is 14.7 Å². The number of thioether (sulfide) groups is 1. The zero-order valence-corrected chi connectivity index (χ0v) is 14.4. The summed E-state index contributed by atoms with van der Waals surface area (Å²) in [5, 5.41) is 15.1. The van der Waals surface area contributed by atoms with Crippen molar-refractivity contribution in [3.05, 3.63) is 16.0 Å². The molecule has 118 valence electrons. The lowest BCUT2D eigenvalue weighted by Gasteiger charge is -2.14. The van der Waals surface area contributed by atoms with Crippen LogP contribution in [0, 0.1) is 13.8 Å². The van der Waals surface area contributed by atoms with E-state index in [1.165, 1.54) is 11.3 Å². The summed E-state index contributed by atoms with van der Waals surface area (Å²) in [5.41, 5.74) is 0.886. The van der Waals surface area contributed by atoms with Gasteiger partial charge in [-0.05, 0) is 44.3 Å². The predicted octanol–water partition coefficient (Wildman–Crippen LogP) is 3.72. The molecule has 1 unspecified atom stereocenters. The molecule has 1 aromatic rings. The van der Waals surface area contributed by atoms with Gasteiger partial charge in [-0.2, -0.15) is 11.8 Å². The van der Waals surface area contributed by atoms with Gasteiger partial charge in [0.25, 0.3) is 0 Å². The Balaban J connectivity index is 2.63. The van der Waals surface area contributed by atoms with E-state index in [4.69, 9.17) is 0 Å². The maximum absolute atomic E-state index is 11.9. The van der Waals surface area contributed by atoms with Gasteiger partial charge in [0.2, 0.25) is 0 Å². The van der Waals surface area contributed by atoms with Gasteiger partial charge < -0.3 is 10.4 Å². The lowest BCUT2D eigenvalue weighted by Crippen LogP contribution is -2.36. The molecule has 0 saturated carbocycles. The van der Waals surface area contributed by atoms with Crippen LogP contribution in [0.15, 0.2) is 0 Å². The number of amides is 2. The largest absolute Gasteiger partial charge is 0.478 e. The highest BCUT2D eigenvalue weighted by Crippen LogP contribution is 2.32. The molecule has 0 fully saturated rings. The van der Waals surface area contributed by atoms with Crippen molar-refractivity contribution in [3.63, 3.8) is 0 Å². The highest BCUT2D eigenvalue weighted by molar-refractivity contribution is 7.99. The van der Waals surface area contributed by atoms with Gasteiger partial charge in [0.1, 0.15) is 5.00 Å². The fourth-order valence-corrected chi connectivity index (χ4v) is 3.67. The third-order valence-corrected chi connectivity index (χ3v) is 5.16. The maximum Gasteiger partial charge on any atom is 0.338 e. The molecule has 0 saturated heterocycles. The number of urea groups is 1. The second-order valence-corrected chi connectivity index (χ2v) is 7.40. The van der Waals surface area contributed by atoms with Crippen LogP contribution in [0.1, 0.15) is 41.1 Å². The molecule has 1 aromatic heterocycles. The number of hydrogen-bond acceptors (Lipinski definition) is 4. The Kier molecular flexibility index (Phi) is 7.04. The quantitative estimate of drug-likeness (QED) is 0.666. The van der Waals surface area contributed by atoms with Gasteiger partial charge in [0.05, 0.1) is 5.56 Å². The average molecular weight is 330 g/mol. The lowest BCUT2D eigenvalue weighted by molar-refractivity contribution is 0.0697. The highest BCUT2D eigenvalue weighted by atomic mass is 32.2. The Hall–Kier alpha value is -1.21. The number of aryl methyl sites for hydroxylation is 1. The smallest absolute Gasteiger partial charge is 0.338 e. The van der Waals surface area contributed by atoms with Crippen molar-refractivity contribution in [2.75, 3.05) is 16.8 Å². The monoisotopic (exact) mass is 330 g/mol. The van der Waals surface area contributed by atoms with Crippen LogP contribution >= 0.6 is 23.1 Å². The van der Waals surface area contributed by atoms with Crippen LogP contribution in [0.2, 0.25) is 0 Å². The molecule has 0 radical (unpaired) electrons. The molecule has 0 aromatic carbocycles. The Morgan fingerprint density at radius 1 is 1.38 bits per heavy atom. The first kappa shape index (κ1) is 17.8. The Labute approximate surface area is 133 Å². The first-order valence-corrected chi connectivity index (χ1v) is 8.82. The van der Waals surface area contributed by atoms with Crippen molar-refractivity contribution in [1.82, 2.24) is 5.32 Å². The van der Waals surface area contributed by atoms with Crippen molar-refractivity contribution < 1.29 is 14.7 Å². The van der Waals surface area contributed by atoms with Gasteiger partial charge in [-0.25, -0.2) is 9.59 Å². The number of carboxylic acids is 1. The normalized spacial score (nSPS) is 12.0. The van der Waals surface area contributed by atoms with Crippen LogP contribution in [0.4, 0.5) is 9.80 Å². The van der Waals surface area contributed by atoms with Crippen molar-refractivity contribution >= 4 is 40.1 Å². The highest BCUT2D eigenvalue weighted by Gasteiger charge is 2.20. The van der Waals surface area contributed by atoms with E-state index < -0.39 is 5.97 Å². The summed E-state index contributed by atoms with van der Waals surface area (Å²) in [6, 6.07) is -0.299. The number of carboxylic acid groups (broad SMARTS) is 1. The van der Waals surface area contributed by atoms with Gasteiger partial charge in [-0.1, -0.05) is 6.92 Å². The third-order valence-electron chi connectivity index (χ3n) is 3.10. The van der Waals surface area contributed by atoms with E-state index in [-0.39, 0.29) is 17.6 Å². The van der Waals surface area contributed by atoms with Crippen molar-refractivity contribution in [2.45, 2.75) is 40.2 Å². The van der Waals surface area contributed by atoms with E-state index in [2.05, 4.69) is 17.6 Å². The number of aromatic carboxylic acids is 1. The predicted molar refractivity (Wildman–Crippen MR) is 90.0 cm³/mol. The summed E-state index contributed by atoms with van der Waals surface area (Å²) < 4.78 is 0. The Bertz CT molecular complexity index is 515. The van der Waals surface area contributed by atoms with E-state index in [1.54, 1.807) is 6.92 Å². The summed E-state index contributed by atoms with van der Waals surface area (Å²) in [7, 11) is 0. The molecule has 3 N–H and O–H groups in total. The molecule has 1 heterocycles. The summed E-state index contributed by atoms with van der Waals surface area (Å²) >= 11 is 3.12. The fraction of sp³-hybridized carbons (Fsp3) is 0.571. The number of thiophene rings is 1. The number of rotatable bonds is 7. The number of carbonyl (C=O) groups excluding carboxylic acids is 1. The summed E-state index contributed by atoms with van der Waals surface area (Å²) in [5.74, 6) is 1.05. The Morgan fingerprint density at radius 2 is 2.05 bits per heavy atom. The number of hydrogen-bond donors (Lipinski definition) is 3. The van der Waals surface area contributed by atoms with Gasteiger partial charge >= 0.3 is 12.0 Å². The van der Waals surface area contributed by atoms with Gasteiger partial charge in [0, 0.05) is 10.9 Å². The minimum Gasteiger partial charge on any atom is -0.478 e. The van der Waals surface area contributed by atoms with E-state index in [1.807, 2.05) is 25.6 Å². The van der Waals surface area contributed by atoms with Crippen LogP contribution in [-0.2, 0) is 0 Å². The minimum absolute atomic E-state index is 0.0551. The van der Waals surface area contributed by atoms with Crippen LogP contribution in [0.3, 0.4) is 0 Å². The van der Waals surface area contributed by atoms with Gasteiger partial charge in [-0.3, -0.25) is 5.32 Å². The van der Waals surface area contributed by atoms with Crippen molar-refractivity contribution in [2.24, 2.45) is 0 Å². The Morgan fingerprint density at radius 3 is 2.62 bits per heavy atom. The van der Waals surface area contributed by atoms with E-state index in [0.717, 1.165) is 22.8 Å². The maximum atomic E-state index is 11.9.